The third-order valence-corrected chi connectivity index (χ3v) is 10.1. The Hall–Kier alpha value is -6.45. The Kier molecular flexibility index (Phi) is 28.8. The Bertz CT molecular complexity index is 2070. The van der Waals surface area contributed by atoms with E-state index in [1.54, 1.807) is 20.9 Å². The number of carbonyl (C=O) groups excluding carboxylic acids is 2. The Morgan fingerprint density at radius 2 is 0.877 bits per heavy atom. The number of hydrogen-bond acceptors (Lipinski definition) is 8. The van der Waals surface area contributed by atoms with Gasteiger partial charge in [0, 0.05) is 18.9 Å². The minimum absolute atomic E-state index is 0.00125. The molecule has 5 rings (SSSR count). The largest absolute Gasteiger partial charge is 0.481 e. The van der Waals surface area contributed by atoms with E-state index in [0.29, 0.717) is 12.8 Å². The van der Waals surface area contributed by atoms with Gasteiger partial charge in [0.2, 0.25) is 5.91 Å². The summed E-state index contributed by atoms with van der Waals surface area (Å²) in [6, 6.07) is 50.9. The molecule has 0 bridgehead atoms. The second-order valence-electron chi connectivity index (χ2n) is 16.0. The molecule has 0 aliphatic heterocycles. The van der Waals surface area contributed by atoms with Crippen LogP contribution in [0, 0.1) is 40.9 Å². The third-order valence-electron chi connectivity index (χ3n) is 10.1. The number of benzene rings is 5. The van der Waals surface area contributed by atoms with Crippen molar-refractivity contribution in [2.45, 2.75) is 78.9 Å². The van der Waals surface area contributed by atoms with Crippen LogP contribution < -0.4 is 0 Å². The van der Waals surface area contributed by atoms with Crippen LogP contribution >= 0.6 is 0 Å². The summed E-state index contributed by atoms with van der Waals surface area (Å²) in [5.41, 5.74) is 5.67. The fraction of sp³-hybridized carbons (Fsp3) is 0.352. The van der Waals surface area contributed by atoms with Crippen LogP contribution in [0.3, 0.4) is 0 Å². The molecule has 7 atom stereocenters. The number of aliphatic carboxylic acids is 2. The summed E-state index contributed by atoms with van der Waals surface area (Å²) in [5, 5.41) is 45.5. The van der Waals surface area contributed by atoms with E-state index in [1.165, 1.54) is 23.3 Å². The molecule has 348 valence electrons. The smallest absolute Gasteiger partial charge is 0.332 e. The first-order valence-corrected chi connectivity index (χ1v) is 21.7. The number of carboxylic acid groups (broad SMARTS) is 2. The average Bonchev–Trinajstić information content (AvgIpc) is 3.32. The van der Waals surface area contributed by atoms with Crippen molar-refractivity contribution in [1.82, 2.24) is 5.06 Å². The minimum Gasteiger partial charge on any atom is -0.481 e. The maximum absolute atomic E-state index is 11.7. The van der Waals surface area contributed by atoms with Gasteiger partial charge in [-0.25, -0.2) is 9.86 Å². The Morgan fingerprint density at radius 3 is 1.18 bits per heavy atom. The lowest BCUT2D eigenvalue weighted by molar-refractivity contribution is -0.172. The number of aliphatic hydroxyl groups is 2. The number of rotatable bonds is 17. The quantitative estimate of drug-likeness (QED) is 0.0399. The molecule has 7 unspecified atom stereocenters. The molecule has 11 heteroatoms. The normalized spacial score (nSPS) is 13.3. The lowest BCUT2D eigenvalue weighted by atomic mass is 9.96. The summed E-state index contributed by atoms with van der Waals surface area (Å²) >= 11 is 0. The van der Waals surface area contributed by atoms with Crippen molar-refractivity contribution in [3.05, 3.63) is 179 Å². The summed E-state index contributed by atoms with van der Waals surface area (Å²) < 4.78 is 0. The van der Waals surface area contributed by atoms with Crippen LogP contribution in [0.25, 0.3) is 0 Å². The molecule has 5 aromatic carbocycles. The van der Waals surface area contributed by atoms with E-state index < -0.39 is 24.1 Å². The molecule has 0 radical (unpaired) electrons. The van der Waals surface area contributed by atoms with Crippen molar-refractivity contribution in [2.75, 3.05) is 14.2 Å². The monoisotopic (exact) mass is 888 g/mol. The first-order chi connectivity index (χ1) is 31.0. The molecule has 0 spiro atoms. The maximum atomic E-state index is 11.7. The van der Waals surface area contributed by atoms with Crippen LogP contribution in [0.5, 0.6) is 0 Å². The summed E-state index contributed by atoms with van der Waals surface area (Å²) in [4.78, 5) is 47.8. The van der Waals surface area contributed by atoms with Crippen LogP contribution in [0.1, 0.15) is 62.4 Å². The van der Waals surface area contributed by atoms with Crippen LogP contribution in [0.2, 0.25) is 0 Å². The number of aliphatic hydroxyl groups excluding tert-OH is 2. The number of carbonyl (C=O) groups is 4. The molecule has 11 nitrogen and oxygen atoms in total. The van der Waals surface area contributed by atoms with Crippen molar-refractivity contribution in [2.24, 2.45) is 29.6 Å². The second kappa shape index (κ2) is 33.1. The van der Waals surface area contributed by atoms with Gasteiger partial charge in [0.15, 0.2) is 6.10 Å². The van der Waals surface area contributed by atoms with Gasteiger partial charge < -0.3 is 25.2 Å². The van der Waals surface area contributed by atoms with E-state index in [4.69, 9.17) is 20.3 Å². The van der Waals surface area contributed by atoms with Crippen molar-refractivity contribution < 1.29 is 44.4 Å². The number of carboxylic acids is 2. The van der Waals surface area contributed by atoms with E-state index in [9.17, 15) is 29.4 Å². The molecule has 5 aromatic rings. The molecular weight excluding hydrogens is 821 g/mol. The Morgan fingerprint density at radius 1 is 0.554 bits per heavy atom. The lowest BCUT2D eigenvalue weighted by Crippen LogP contribution is -2.31. The molecule has 1 amide bonds. The number of nitrogens with zero attached hydrogens (tertiary/aromatic N) is 2. The predicted molar refractivity (Wildman–Crippen MR) is 255 cm³/mol. The third kappa shape index (κ3) is 25.4. The molecule has 0 fully saturated rings. The van der Waals surface area contributed by atoms with Gasteiger partial charge in [-0.15, -0.1) is 0 Å². The molecule has 0 heterocycles. The first kappa shape index (κ1) is 56.6. The molecule has 0 saturated heterocycles. The van der Waals surface area contributed by atoms with Crippen molar-refractivity contribution in [1.29, 1.82) is 5.26 Å². The number of hydrogen-bond donors (Lipinski definition) is 4. The van der Waals surface area contributed by atoms with Gasteiger partial charge in [-0.3, -0.25) is 14.4 Å². The van der Waals surface area contributed by atoms with Crippen molar-refractivity contribution >= 4 is 24.1 Å². The van der Waals surface area contributed by atoms with Gasteiger partial charge in [-0.1, -0.05) is 186 Å². The number of aldehydes is 1. The number of nitriles is 1. The zero-order valence-electron chi connectivity index (χ0n) is 38.8. The molecule has 0 aromatic heterocycles. The maximum Gasteiger partial charge on any atom is 0.332 e. The molecule has 4 N–H and O–H groups in total. The fourth-order valence-corrected chi connectivity index (χ4v) is 6.11. The van der Waals surface area contributed by atoms with Crippen LogP contribution in [0.15, 0.2) is 152 Å². The topological polar surface area (TPSA) is 185 Å². The summed E-state index contributed by atoms with van der Waals surface area (Å²) in [6.45, 7) is 9.16. The average molecular weight is 889 g/mol. The van der Waals surface area contributed by atoms with Gasteiger partial charge >= 0.3 is 11.9 Å². The zero-order valence-corrected chi connectivity index (χ0v) is 38.8. The highest BCUT2D eigenvalue weighted by molar-refractivity contribution is 5.77. The fourth-order valence-electron chi connectivity index (χ4n) is 6.11. The predicted octanol–water partition coefficient (Wildman–Crippen LogP) is 8.96. The van der Waals surface area contributed by atoms with E-state index in [1.807, 2.05) is 178 Å². The highest BCUT2D eigenvalue weighted by atomic mass is 16.7. The minimum atomic E-state index is -1.28. The number of amides is 1. The highest BCUT2D eigenvalue weighted by Gasteiger charge is 2.21. The van der Waals surface area contributed by atoms with Crippen LogP contribution in [-0.2, 0) is 56.1 Å². The Balaban J connectivity index is 0.000000408. The van der Waals surface area contributed by atoms with Gasteiger partial charge in [0.05, 0.1) is 19.1 Å². The van der Waals surface area contributed by atoms with Gasteiger partial charge in [0.25, 0.3) is 0 Å². The molecule has 0 aliphatic carbocycles. The molecule has 65 heavy (non-hydrogen) atoms. The number of hydroxylamine groups is 2. The van der Waals surface area contributed by atoms with Crippen LogP contribution in [0.4, 0.5) is 0 Å². The van der Waals surface area contributed by atoms with E-state index in [0.717, 1.165) is 42.2 Å². The zero-order chi connectivity index (χ0) is 48.6. The molecule has 0 aliphatic rings. The van der Waals surface area contributed by atoms with Gasteiger partial charge in [-0.05, 0) is 71.8 Å². The molecule has 0 saturated carbocycles. The van der Waals surface area contributed by atoms with Crippen molar-refractivity contribution in [3.8, 4) is 6.07 Å². The Labute approximate surface area is 385 Å². The summed E-state index contributed by atoms with van der Waals surface area (Å²) in [5.74, 6) is -2.39. The standard InChI is InChI=1S/C12H17NO2.C11H13NO.C11H14O3.C10H12O2.C10H12O/c1-10(12(14)13(2)15-3)9-11-7-5-4-6-8-11;1-9(11(13)8-12)7-10-5-3-2-4-6-10;1-8(10(12)11(13)14)7-9-5-3-2-4-6-9;1-8(10(11)12)7-9-5-3-2-4-6-9;1-9(8-11)7-10-5-3-2-4-6-10/h4-8,10H,9H2,1-3H3;2-6,9,11,13H,7H2,1H3;2-6,8,10,12H,7H2,1H3,(H,13,14);2-6,8H,7H2,1H3,(H,11,12);2-6,8-9H,7H2,1H3. The highest BCUT2D eigenvalue weighted by Crippen LogP contribution is 2.14. The van der Waals surface area contributed by atoms with E-state index in [2.05, 4.69) is 0 Å². The summed E-state index contributed by atoms with van der Waals surface area (Å²) in [7, 11) is 3.12. The lowest BCUT2D eigenvalue weighted by Gasteiger charge is -2.18. The van der Waals surface area contributed by atoms with E-state index in [-0.39, 0.29) is 35.5 Å². The second-order valence-corrected chi connectivity index (χ2v) is 16.0. The van der Waals surface area contributed by atoms with Crippen molar-refractivity contribution in [3.63, 3.8) is 0 Å². The SMILES string of the molecule is CC(C=O)Cc1ccccc1.CC(Cc1ccccc1)C(=O)O.CC(Cc1ccccc1)C(O)C#N.CC(Cc1ccccc1)C(O)C(=O)O.CON(C)C(=O)C(C)Cc1ccccc1. The molecular formula is C54H68N2O9. The summed E-state index contributed by atoms with van der Waals surface area (Å²) in [6.07, 6.45) is 2.38. The first-order valence-electron chi connectivity index (χ1n) is 21.7. The van der Waals surface area contributed by atoms with Crippen LogP contribution in [-0.4, -0.2) is 76.0 Å². The van der Waals surface area contributed by atoms with E-state index >= 15 is 0 Å². The van der Waals surface area contributed by atoms with Gasteiger partial charge in [0.1, 0.15) is 12.4 Å². The van der Waals surface area contributed by atoms with Gasteiger partial charge in [-0.2, -0.15) is 5.26 Å².